The van der Waals surface area contributed by atoms with Gasteiger partial charge in [0, 0.05) is 36.3 Å². The van der Waals surface area contributed by atoms with Crippen LogP contribution in [0.5, 0.6) is 0 Å². The molecule has 0 spiro atoms. The van der Waals surface area contributed by atoms with E-state index < -0.39 is 0 Å². The van der Waals surface area contributed by atoms with Crippen molar-refractivity contribution in [1.29, 1.82) is 0 Å². The summed E-state index contributed by atoms with van der Waals surface area (Å²) in [5, 5.41) is 3.67. The lowest BCUT2D eigenvalue weighted by Gasteiger charge is -2.37. The van der Waals surface area contributed by atoms with Crippen LogP contribution in [0.15, 0.2) is 23.2 Å². The molecule has 0 bridgehead atoms. The Balaban J connectivity index is 0.00000320. The molecule has 2 aliphatic heterocycles. The van der Waals surface area contributed by atoms with Crippen molar-refractivity contribution in [2.45, 2.75) is 44.9 Å². The Bertz CT molecular complexity index is 690. The summed E-state index contributed by atoms with van der Waals surface area (Å²) in [6.07, 6.45) is 2.48. The number of nitrogens with one attached hydrogen (secondary N) is 1. The van der Waals surface area contributed by atoms with Gasteiger partial charge < -0.3 is 15.8 Å². The minimum atomic E-state index is -0.312. The maximum absolute atomic E-state index is 14.7. The molecule has 1 aromatic carbocycles. The average molecular weight is 554 g/mol. The molecular formula is C21H34ClFIN5O. The van der Waals surface area contributed by atoms with Crippen molar-refractivity contribution in [1.82, 2.24) is 15.1 Å². The quantitative estimate of drug-likeness (QED) is 0.308. The average Bonchev–Trinajstić information content (AvgIpc) is 3.16. The standard InChI is InChI=1S/C21H33ClFN5O.HI/c1-3-27-9-5-6-16(27)12-25-21(24)26-13-19(28-10-11-29-15(2)14-28)20-17(22)7-4-8-18(20)23;/h4,7-8,15-16,19H,3,5-6,9-14H2,1-2H3,(H3,24,25,26);1H. The van der Waals surface area contributed by atoms with E-state index in [2.05, 4.69) is 27.0 Å². The second-order valence-corrected chi connectivity index (χ2v) is 8.27. The lowest BCUT2D eigenvalue weighted by molar-refractivity contribution is -0.0336. The number of nitrogens with two attached hydrogens (primary N) is 1. The first-order chi connectivity index (χ1) is 14.0. The molecule has 170 valence electrons. The molecule has 3 atom stereocenters. The van der Waals surface area contributed by atoms with E-state index in [9.17, 15) is 4.39 Å². The summed E-state index contributed by atoms with van der Waals surface area (Å²) >= 11 is 6.38. The number of likely N-dealkylation sites (tertiary alicyclic amines) is 1. The molecule has 0 aliphatic carbocycles. The number of likely N-dealkylation sites (N-methyl/N-ethyl adjacent to an activating group) is 1. The lowest BCUT2D eigenvalue weighted by atomic mass is 10.0. The molecule has 3 rings (SSSR count). The fourth-order valence-electron chi connectivity index (χ4n) is 4.35. The second-order valence-electron chi connectivity index (χ2n) is 7.86. The van der Waals surface area contributed by atoms with E-state index in [4.69, 9.17) is 22.1 Å². The predicted octanol–water partition coefficient (Wildman–Crippen LogP) is 3.25. The fraction of sp³-hybridized carbons (Fsp3) is 0.667. The zero-order chi connectivity index (χ0) is 20.8. The number of hydrogen-bond donors (Lipinski definition) is 2. The molecule has 3 unspecified atom stereocenters. The molecule has 2 saturated heterocycles. The molecule has 0 amide bonds. The number of morpholine rings is 1. The molecule has 9 heteroatoms. The van der Waals surface area contributed by atoms with Crippen molar-refractivity contribution >= 4 is 41.5 Å². The van der Waals surface area contributed by atoms with Crippen LogP contribution in [0.2, 0.25) is 5.02 Å². The monoisotopic (exact) mass is 553 g/mol. The highest BCUT2D eigenvalue weighted by Crippen LogP contribution is 2.31. The third-order valence-electron chi connectivity index (χ3n) is 5.90. The molecule has 6 nitrogen and oxygen atoms in total. The zero-order valence-electron chi connectivity index (χ0n) is 17.8. The van der Waals surface area contributed by atoms with Crippen LogP contribution < -0.4 is 11.1 Å². The largest absolute Gasteiger partial charge is 0.376 e. The molecule has 3 N–H and O–H groups in total. The van der Waals surface area contributed by atoms with E-state index >= 15 is 0 Å². The number of nitrogens with zero attached hydrogens (tertiary/aromatic N) is 3. The van der Waals surface area contributed by atoms with Crippen molar-refractivity contribution in [3.8, 4) is 0 Å². The molecule has 2 fully saturated rings. The number of benzene rings is 1. The number of guanidine groups is 1. The molecule has 0 saturated carbocycles. The minimum absolute atomic E-state index is 0. The van der Waals surface area contributed by atoms with Gasteiger partial charge in [-0.05, 0) is 45.0 Å². The first kappa shape index (κ1) is 25.6. The molecule has 2 heterocycles. The summed E-state index contributed by atoms with van der Waals surface area (Å²) in [4.78, 5) is 9.19. The van der Waals surface area contributed by atoms with Gasteiger partial charge in [-0.1, -0.05) is 24.6 Å². The van der Waals surface area contributed by atoms with Gasteiger partial charge >= 0.3 is 0 Å². The van der Waals surface area contributed by atoms with Gasteiger partial charge in [0.1, 0.15) is 5.82 Å². The minimum Gasteiger partial charge on any atom is -0.376 e. The Morgan fingerprint density at radius 2 is 2.23 bits per heavy atom. The van der Waals surface area contributed by atoms with E-state index in [1.807, 2.05) is 6.92 Å². The highest BCUT2D eigenvalue weighted by molar-refractivity contribution is 14.0. The summed E-state index contributed by atoms with van der Waals surface area (Å²) in [5.74, 6) is 0.0830. The number of hydrogen-bond acceptors (Lipinski definition) is 4. The summed E-state index contributed by atoms with van der Waals surface area (Å²) in [6, 6.07) is 5.00. The SMILES string of the molecule is CCN1CCCC1CNC(N)=NCC(c1c(F)cccc1Cl)N1CCOC(C)C1.I. The third-order valence-corrected chi connectivity index (χ3v) is 6.23. The van der Waals surface area contributed by atoms with Crippen molar-refractivity contribution in [3.05, 3.63) is 34.6 Å². The van der Waals surface area contributed by atoms with Crippen molar-refractivity contribution in [2.75, 3.05) is 45.9 Å². The molecule has 0 aromatic heterocycles. The first-order valence-corrected chi connectivity index (χ1v) is 10.9. The highest BCUT2D eigenvalue weighted by Gasteiger charge is 2.29. The van der Waals surface area contributed by atoms with E-state index in [-0.39, 0.29) is 41.9 Å². The van der Waals surface area contributed by atoms with Gasteiger partial charge in [-0.15, -0.1) is 24.0 Å². The lowest BCUT2D eigenvalue weighted by Crippen LogP contribution is -2.45. The van der Waals surface area contributed by atoms with Crippen LogP contribution in [-0.4, -0.2) is 73.8 Å². The van der Waals surface area contributed by atoms with Crippen molar-refractivity contribution in [2.24, 2.45) is 10.7 Å². The number of rotatable bonds is 7. The van der Waals surface area contributed by atoms with Crippen LogP contribution in [0.25, 0.3) is 0 Å². The van der Waals surface area contributed by atoms with Gasteiger partial charge in [0.25, 0.3) is 0 Å². The summed E-state index contributed by atoms with van der Waals surface area (Å²) in [5.41, 5.74) is 6.63. The second kappa shape index (κ2) is 12.4. The van der Waals surface area contributed by atoms with Crippen LogP contribution in [-0.2, 0) is 4.74 Å². The maximum Gasteiger partial charge on any atom is 0.188 e. The van der Waals surface area contributed by atoms with Crippen LogP contribution in [0, 0.1) is 5.82 Å². The Morgan fingerprint density at radius 3 is 2.93 bits per heavy atom. The topological polar surface area (TPSA) is 66.1 Å². The number of ether oxygens (including phenoxy) is 1. The number of aliphatic imine (C=N–C) groups is 1. The van der Waals surface area contributed by atoms with E-state index in [1.165, 1.54) is 18.9 Å². The van der Waals surface area contributed by atoms with Crippen molar-refractivity contribution in [3.63, 3.8) is 0 Å². The van der Waals surface area contributed by atoms with Gasteiger partial charge in [-0.3, -0.25) is 14.8 Å². The Labute approximate surface area is 201 Å². The summed E-state index contributed by atoms with van der Waals surface area (Å²) in [6.45, 7) is 9.53. The molecule has 0 radical (unpaired) electrons. The smallest absolute Gasteiger partial charge is 0.188 e. The first-order valence-electron chi connectivity index (χ1n) is 10.6. The van der Waals surface area contributed by atoms with Crippen LogP contribution in [0.4, 0.5) is 4.39 Å². The predicted molar refractivity (Wildman–Crippen MR) is 131 cm³/mol. The summed E-state index contributed by atoms with van der Waals surface area (Å²) < 4.78 is 20.3. The highest BCUT2D eigenvalue weighted by atomic mass is 127. The van der Waals surface area contributed by atoms with Gasteiger partial charge in [0.2, 0.25) is 0 Å². The van der Waals surface area contributed by atoms with Crippen LogP contribution in [0.3, 0.4) is 0 Å². The van der Waals surface area contributed by atoms with Gasteiger partial charge in [0.05, 0.1) is 25.3 Å². The fourth-order valence-corrected chi connectivity index (χ4v) is 4.64. The molecule has 30 heavy (non-hydrogen) atoms. The Kier molecular flexibility index (Phi) is 10.6. The number of halogens is 3. The molecule has 2 aliphatic rings. The molecule has 1 aromatic rings. The van der Waals surface area contributed by atoms with E-state index in [1.54, 1.807) is 12.1 Å². The van der Waals surface area contributed by atoms with E-state index in [0.29, 0.717) is 48.8 Å². The van der Waals surface area contributed by atoms with Crippen LogP contribution >= 0.6 is 35.6 Å². The Morgan fingerprint density at radius 1 is 1.43 bits per heavy atom. The molecular weight excluding hydrogens is 520 g/mol. The van der Waals surface area contributed by atoms with Gasteiger partial charge in [-0.2, -0.15) is 0 Å². The van der Waals surface area contributed by atoms with Crippen LogP contribution in [0.1, 0.15) is 38.3 Å². The summed E-state index contributed by atoms with van der Waals surface area (Å²) in [7, 11) is 0. The van der Waals surface area contributed by atoms with Crippen molar-refractivity contribution < 1.29 is 9.13 Å². The Hall–Kier alpha value is -0.680. The van der Waals surface area contributed by atoms with Gasteiger partial charge in [-0.25, -0.2) is 4.39 Å². The zero-order valence-corrected chi connectivity index (χ0v) is 20.9. The normalized spacial score (nSPS) is 24.5. The van der Waals surface area contributed by atoms with E-state index in [0.717, 1.165) is 19.6 Å². The third kappa shape index (κ3) is 6.66. The van der Waals surface area contributed by atoms with Gasteiger partial charge in [0.15, 0.2) is 5.96 Å². The maximum atomic E-state index is 14.7.